The lowest BCUT2D eigenvalue weighted by molar-refractivity contribution is 0.398. The molecule has 0 atom stereocenters. The Morgan fingerprint density at radius 2 is 1.82 bits per heavy atom. The molecule has 0 fully saturated rings. The molecule has 2 nitrogen and oxygen atoms in total. The maximum absolute atomic E-state index is 6.18. The van der Waals surface area contributed by atoms with Crippen LogP contribution in [-0.2, 0) is 0 Å². The third-order valence-corrected chi connectivity index (χ3v) is 3.18. The summed E-state index contributed by atoms with van der Waals surface area (Å²) in [5.74, 6) is 0.371. The van der Waals surface area contributed by atoms with Gasteiger partial charge in [-0.05, 0) is 18.2 Å². The Kier molecular flexibility index (Phi) is 3.77. The lowest BCUT2D eigenvalue weighted by atomic mass is 10.1. The van der Waals surface area contributed by atoms with E-state index in [1.807, 2.05) is 6.07 Å². The second-order valence-corrected chi connectivity index (χ2v) is 4.53. The molecule has 0 N–H and O–H groups in total. The monoisotopic (exact) mass is 287 g/mol. The molecule has 0 unspecified atom stereocenters. The molecule has 2 rings (SSSR count). The van der Waals surface area contributed by atoms with E-state index in [9.17, 15) is 0 Å². The minimum atomic E-state index is 0.371. The molecular formula is C12H8Cl3NO. The van der Waals surface area contributed by atoms with Crippen molar-refractivity contribution < 1.29 is 4.74 Å². The van der Waals surface area contributed by atoms with E-state index >= 15 is 0 Å². The van der Waals surface area contributed by atoms with Gasteiger partial charge in [0.25, 0.3) is 0 Å². The van der Waals surface area contributed by atoms with Crippen molar-refractivity contribution in [2.45, 2.75) is 0 Å². The number of aromatic nitrogens is 1. The maximum atomic E-state index is 6.18. The summed E-state index contributed by atoms with van der Waals surface area (Å²) in [6.07, 6.45) is 1.62. The first-order valence-corrected chi connectivity index (χ1v) is 5.91. The lowest BCUT2D eigenvalue weighted by Gasteiger charge is -2.09. The normalized spacial score (nSPS) is 10.4. The fourth-order valence-corrected chi connectivity index (χ4v) is 2.28. The van der Waals surface area contributed by atoms with Crippen molar-refractivity contribution in [1.82, 2.24) is 4.98 Å². The first kappa shape index (κ1) is 12.5. The molecule has 0 aliphatic rings. The van der Waals surface area contributed by atoms with Crippen LogP contribution in [0.15, 0.2) is 30.5 Å². The lowest BCUT2D eigenvalue weighted by Crippen LogP contribution is -1.90. The number of benzene rings is 1. The number of hydrogen-bond donors (Lipinski definition) is 0. The van der Waals surface area contributed by atoms with E-state index in [1.165, 1.54) is 7.11 Å². The van der Waals surface area contributed by atoms with Crippen molar-refractivity contribution in [2.75, 3.05) is 7.11 Å². The van der Waals surface area contributed by atoms with E-state index in [4.69, 9.17) is 39.5 Å². The van der Waals surface area contributed by atoms with Crippen LogP contribution in [0.5, 0.6) is 5.88 Å². The van der Waals surface area contributed by atoms with Crippen molar-refractivity contribution in [3.63, 3.8) is 0 Å². The number of hydrogen-bond acceptors (Lipinski definition) is 2. The van der Waals surface area contributed by atoms with Crippen molar-refractivity contribution in [3.05, 3.63) is 45.5 Å². The summed E-state index contributed by atoms with van der Waals surface area (Å²) >= 11 is 18.2. The van der Waals surface area contributed by atoms with Gasteiger partial charge >= 0.3 is 0 Å². The molecule has 0 saturated heterocycles. The van der Waals surface area contributed by atoms with Gasteiger partial charge in [-0.1, -0.05) is 40.9 Å². The Labute approximate surface area is 114 Å². The second-order valence-electron chi connectivity index (χ2n) is 3.31. The van der Waals surface area contributed by atoms with Crippen LogP contribution in [-0.4, -0.2) is 12.1 Å². The Balaban J connectivity index is 2.60. The third kappa shape index (κ3) is 2.49. The van der Waals surface area contributed by atoms with Gasteiger partial charge in [0.15, 0.2) is 0 Å². The molecule has 2 aromatic rings. The second kappa shape index (κ2) is 5.13. The standard InChI is InChI=1S/C12H8Cl3NO/c1-17-12-11(15)9(4-5-16-12)8-3-2-7(13)6-10(8)14/h2-6H,1H3. The molecule has 0 amide bonds. The summed E-state index contributed by atoms with van der Waals surface area (Å²) in [4.78, 5) is 4.01. The highest BCUT2D eigenvalue weighted by atomic mass is 35.5. The highest BCUT2D eigenvalue weighted by Crippen LogP contribution is 2.37. The first-order chi connectivity index (χ1) is 8.13. The summed E-state index contributed by atoms with van der Waals surface area (Å²) in [7, 11) is 1.52. The Hall–Kier alpha value is -0.960. The molecule has 0 saturated carbocycles. The van der Waals surface area contributed by atoms with Gasteiger partial charge < -0.3 is 4.74 Å². The fraction of sp³-hybridized carbons (Fsp3) is 0.0833. The minimum Gasteiger partial charge on any atom is -0.480 e. The topological polar surface area (TPSA) is 22.1 Å². The molecular weight excluding hydrogens is 280 g/mol. The average Bonchev–Trinajstić information content (AvgIpc) is 2.30. The summed E-state index contributed by atoms with van der Waals surface area (Å²) in [6.45, 7) is 0. The van der Waals surface area contributed by atoms with E-state index in [1.54, 1.807) is 24.4 Å². The summed E-state index contributed by atoms with van der Waals surface area (Å²) in [5, 5.41) is 1.54. The van der Waals surface area contributed by atoms with Crippen molar-refractivity contribution in [3.8, 4) is 17.0 Å². The Bertz CT molecular complexity index is 557. The Morgan fingerprint density at radius 3 is 2.47 bits per heavy atom. The van der Waals surface area contributed by atoms with Crippen LogP contribution in [0.3, 0.4) is 0 Å². The van der Waals surface area contributed by atoms with Gasteiger partial charge in [-0.15, -0.1) is 0 Å². The Morgan fingerprint density at radius 1 is 1.06 bits per heavy atom. The number of methoxy groups -OCH3 is 1. The van der Waals surface area contributed by atoms with Crippen molar-refractivity contribution in [1.29, 1.82) is 0 Å². The molecule has 0 aliphatic carbocycles. The number of pyridine rings is 1. The molecule has 1 aromatic carbocycles. The summed E-state index contributed by atoms with van der Waals surface area (Å²) in [5.41, 5.74) is 1.56. The molecule has 0 spiro atoms. The van der Waals surface area contributed by atoms with E-state index in [0.29, 0.717) is 20.9 Å². The van der Waals surface area contributed by atoms with E-state index in [0.717, 1.165) is 11.1 Å². The zero-order valence-electron chi connectivity index (χ0n) is 8.88. The largest absolute Gasteiger partial charge is 0.480 e. The minimum absolute atomic E-state index is 0.371. The van der Waals surface area contributed by atoms with Gasteiger partial charge in [-0.25, -0.2) is 4.98 Å². The zero-order valence-corrected chi connectivity index (χ0v) is 11.1. The van der Waals surface area contributed by atoms with Crippen LogP contribution in [0, 0.1) is 0 Å². The number of nitrogens with zero attached hydrogens (tertiary/aromatic N) is 1. The average molecular weight is 289 g/mol. The SMILES string of the molecule is COc1nccc(-c2ccc(Cl)cc2Cl)c1Cl. The van der Waals surface area contributed by atoms with Crippen LogP contribution < -0.4 is 4.74 Å². The number of ether oxygens (including phenoxy) is 1. The van der Waals surface area contributed by atoms with Crippen molar-refractivity contribution >= 4 is 34.8 Å². The first-order valence-electron chi connectivity index (χ1n) is 4.77. The van der Waals surface area contributed by atoms with E-state index in [2.05, 4.69) is 4.98 Å². The van der Waals surface area contributed by atoms with Crippen molar-refractivity contribution in [2.24, 2.45) is 0 Å². The molecule has 0 bridgehead atoms. The molecule has 5 heteroatoms. The van der Waals surface area contributed by atoms with Gasteiger partial charge in [0.05, 0.1) is 7.11 Å². The van der Waals surface area contributed by atoms with Gasteiger partial charge in [0.2, 0.25) is 5.88 Å². The smallest absolute Gasteiger partial charge is 0.232 e. The predicted molar refractivity (Wildman–Crippen MR) is 71.3 cm³/mol. The molecule has 0 aliphatic heterocycles. The molecule has 88 valence electrons. The zero-order chi connectivity index (χ0) is 12.4. The number of halogens is 3. The van der Waals surface area contributed by atoms with Gasteiger partial charge in [0.1, 0.15) is 5.02 Å². The molecule has 0 radical (unpaired) electrons. The van der Waals surface area contributed by atoms with Crippen LogP contribution in [0.25, 0.3) is 11.1 Å². The van der Waals surface area contributed by atoms with Crippen LogP contribution in [0.1, 0.15) is 0 Å². The highest BCUT2D eigenvalue weighted by molar-refractivity contribution is 6.38. The fourth-order valence-electron chi connectivity index (χ4n) is 1.48. The van der Waals surface area contributed by atoms with Crippen LogP contribution >= 0.6 is 34.8 Å². The quantitative estimate of drug-likeness (QED) is 0.798. The van der Waals surface area contributed by atoms with Gasteiger partial charge in [-0.3, -0.25) is 0 Å². The van der Waals surface area contributed by atoms with E-state index < -0.39 is 0 Å². The van der Waals surface area contributed by atoms with Crippen LogP contribution in [0.2, 0.25) is 15.1 Å². The maximum Gasteiger partial charge on any atom is 0.232 e. The summed E-state index contributed by atoms with van der Waals surface area (Å²) < 4.78 is 5.06. The van der Waals surface area contributed by atoms with Gasteiger partial charge in [-0.2, -0.15) is 0 Å². The van der Waals surface area contributed by atoms with Crippen LogP contribution in [0.4, 0.5) is 0 Å². The number of rotatable bonds is 2. The highest BCUT2D eigenvalue weighted by Gasteiger charge is 2.12. The van der Waals surface area contributed by atoms with Gasteiger partial charge in [0, 0.05) is 27.4 Å². The molecule has 1 heterocycles. The summed E-state index contributed by atoms with van der Waals surface area (Å²) in [6, 6.07) is 7.01. The predicted octanol–water partition coefficient (Wildman–Crippen LogP) is 4.72. The third-order valence-electron chi connectivity index (χ3n) is 2.27. The van der Waals surface area contributed by atoms with E-state index in [-0.39, 0.29) is 0 Å². The molecule has 1 aromatic heterocycles. The molecule has 17 heavy (non-hydrogen) atoms.